The fraction of sp³-hybridized carbons (Fsp3) is 0.0625. The molecule has 1 heterocycles. The van der Waals surface area contributed by atoms with Crippen LogP contribution < -0.4 is 0 Å². The first-order valence-corrected chi connectivity index (χ1v) is 6.13. The Bertz CT molecular complexity index is 830. The van der Waals surface area contributed by atoms with Gasteiger partial charge in [-0.25, -0.2) is 4.39 Å². The fourth-order valence-electron chi connectivity index (χ4n) is 2.37. The van der Waals surface area contributed by atoms with Gasteiger partial charge in [-0.15, -0.1) is 0 Å². The van der Waals surface area contributed by atoms with E-state index in [1.54, 1.807) is 24.4 Å². The van der Waals surface area contributed by atoms with E-state index in [-0.39, 0.29) is 6.61 Å². The zero-order valence-corrected chi connectivity index (χ0v) is 10.5. The molecule has 1 aromatic heterocycles. The van der Waals surface area contributed by atoms with Crippen LogP contribution in [0.1, 0.15) is 11.1 Å². The summed E-state index contributed by atoms with van der Waals surface area (Å²) in [4.78, 5) is 3.05. The van der Waals surface area contributed by atoms with Gasteiger partial charge in [0.25, 0.3) is 0 Å². The number of hydrogen-bond donors (Lipinski definition) is 2. The minimum Gasteiger partial charge on any atom is -0.392 e. The van der Waals surface area contributed by atoms with Gasteiger partial charge in [-0.2, -0.15) is 5.26 Å². The smallest absolute Gasteiger partial charge is 0.124 e. The Labute approximate surface area is 114 Å². The third-order valence-corrected chi connectivity index (χ3v) is 3.25. The van der Waals surface area contributed by atoms with Crippen LogP contribution in [0.4, 0.5) is 4.39 Å². The molecule has 0 bridgehead atoms. The van der Waals surface area contributed by atoms with Crippen molar-refractivity contribution in [2.24, 2.45) is 0 Å². The van der Waals surface area contributed by atoms with Crippen LogP contribution in [0.15, 0.2) is 42.6 Å². The van der Waals surface area contributed by atoms with Gasteiger partial charge < -0.3 is 10.1 Å². The highest BCUT2D eigenvalue weighted by Crippen LogP contribution is 2.30. The Kier molecular flexibility index (Phi) is 2.97. The van der Waals surface area contributed by atoms with E-state index in [1.165, 1.54) is 12.1 Å². The van der Waals surface area contributed by atoms with E-state index in [4.69, 9.17) is 5.26 Å². The number of aromatic amines is 1. The van der Waals surface area contributed by atoms with Gasteiger partial charge >= 0.3 is 0 Å². The van der Waals surface area contributed by atoms with Crippen LogP contribution in [0.2, 0.25) is 0 Å². The normalized spacial score (nSPS) is 10.7. The van der Waals surface area contributed by atoms with Crippen LogP contribution in [0, 0.1) is 17.1 Å². The van der Waals surface area contributed by atoms with Crippen molar-refractivity contribution in [3.05, 3.63) is 59.5 Å². The third kappa shape index (κ3) is 2.04. The maximum absolute atomic E-state index is 13.6. The van der Waals surface area contributed by atoms with Crippen molar-refractivity contribution in [1.82, 2.24) is 4.98 Å². The third-order valence-electron chi connectivity index (χ3n) is 3.25. The second-order valence-electron chi connectivity index (χ2n) is 4.58. The van der Waals surface area contributed by atoms with E-state index in [0.717, 1.165) is 16.5 Å². The highest BCUT2D eigenvalue weighted by molar-refractivity contribution is 5.96. The van der Waals surface area contributed by atoms with Crippen molar-refractivity contribution in [2.45, 2.75) is 6.61 Å². The number of nitrogens with one attached hydrogen (secondary N) is 1. The number of H-pyrrole nitrogens is 1. The van der Waals surface area contributed by atoms with E-state index < -0.39 is 5.82 Å². The zero-order valence-electron chi connectivity index (χ0n) is 10.5. The molecule has 2 aromatic carbocycles. The minimum absolute atomic E-state index is 0.223. The number of nitriles is 1. The van der Waals surface area contributed by atoms with Crippen molar-refractivity contribution < 1.29 is 9.50 Å². The summed E-state index contributed by atoms with van der Waals surface area (Å²) in [5.41, 5.74) is 3.26. The van der Waals surface area contributed by atoms with Crippen LogP contribution in [-0.4, -0.2) is 10.1 Å². The van der Waals surface area contributed by atoms with Gasteiger partial charge in [-0.05, 0) is 53.1 Å². The Hall–Kier alpha value is -2.64. The van der Waals surface area contributed by atoms with E-state index in [1.807, 2.05) is 6.07 Å². The zero-order chi connectivity index (χ0) is 14.1. The van der Waals surface area contributed by atoms with Crippen LogP contribution in [-0.2, 0) is 6.61 Å². The van der Waals surface area contributed by atoms with Gasteiger partial charge in [0, 0.05) is 17.1 Å². The van der Waals surface area contributed by atoms with Crippen molar-refractivity contribution in [3.63, 3.8) is 0 Å². The van der Waals surface area contributed by atoms with Crippen LogP contribution in [0.25, 0.3) is 22.0 Å². The molecule has 3 nitrogen and oxygen atoms in total. The summed E-state index contributed by atoms with van der Waals surface area (Å²) in [7, 11) is 0. The molecule has 0 aliphatic rings. The molecule has 0 unspecified atom stereocenters. The summed E-state index contributed by atoms with van der Waals surface area (Å²) in [5.74, 6) is -0.405. The van der Waals surface area contributed by atoms with Crippen molar-refractivity contribution in [3.8, 4) is 17.2 Å². The number of nitrogens with zero attached hydrogens (tertiary/aromatic N) is 1. The van der Waals surface area contributed by atoms with Gasteiger partial charge in [0.1, 0.15) is 5.82 Å². The number of hydrogen-bond acceptors (Lipinski definition) is 2. The second kappa shape index (κ2) is 4.80. The first-order valence-electron chi connectivity index (χ1n) is 6.13. The standard InChI is InChI=1S/C16H11FN2O/c17-13-4-11(9-20)3-12(7-13)15-5-10(8-18)6-16-14(15)1-2-19-16/h1-7,19-20H,9H2. The number of rotatable bonds is 2. The van der Waals surface area contributed by atoms with Crippen molar-refractivity contribution in [1.29, 1.82) is 5.26 Å². The van der Waals surface area contributed by atoms with Gasteiger partial charge in [0.15, 0.2) is 0 Å². The number of aromatic nitrogens is 1. The number of halogens is 1. The summed E-state index contributed by atoms with van der Waals surface area (Å²) in [6.07, 6.45) is 1.78. The van der Waals surface area contributed by atoms with Crippen LogP contribution >= 0.6 is 0 Å². The summed E-state index contributed by atoms with van der Waals surface area (Å²) >= 11 is 0. The van der Waals surface area contributed by atoms with E-state index in [2.05, 4.69) is 11.1 Å². The summed E-state index contributed by atoms with van der Waals surface area (Å²) < 4.78 is 13.6. The number of aliphatic hydroxyl groups is 1. The maximum atomic E-state index is 13.6. The Morgan fingerprint density at radius 2 is 2.05 bits per heavy atom. The molecule has 2 N–H and O–H groups in total. The van der Waals surface area contributed by atoms with E-state index in [9.17, 15) is 9.50 Å². The molecule has 98 valence electrons. The average Bonchev–Trinajstić information content (AvgIpc) is 2.93. The molecular formula is C16H11FN2O. The van der Waals surface area contributed by atoms with E-state index in [0.29, 0.717) is 16.7 Å². The van der Waals surface area contributed by atoms with Crippen molar-refractivity contribution in [2.75, 3.05) is 0 Å². The van der Waals surface area contributed by atoms with Gasteiger partial charge in [-0.3, -0.25) is 0 Å². The molecule has 3 aromatic rings. The molecule has 0 fully saturated rings. The van der Waals surface area contributed by atoms with Gasteiger partial charge in [0.2, 0.25) is 0 Å². The quantitative estimate of drug-likeness (QED) is 0.747. The lowest BCUT2D eigenvalue weighted by Crippen LogP contribution is -1.89. The predicted molar refractivity (Wildman–Crippen MR) is 74.3 cm³/mol. The number of aliphatic hydroxyl groups excluding tert-OH is 1. The Balaban J connectivity index is 2.31. The van der Waals surface area contributed by atoms with Crippen molar-refractivity contribution >= 4 is 10.9 Å². The largest absolute Gasteiger partial charge is 0.392 e. The molecule has 0 saturated carbocycles. The number of fused-ring (bicyclic) bond motifs is 1. The fourth-order valence-corrected chi connectivity index (χ4v) is 2.37. The summed E-state index contributed by atoms with van der Waals surface area (Å²) in [6.45, 7) is -0.223. The summed E-state index contributed by atoms with van der Waals surface area (Å²) in [6, 6.07) is 11.9. The topological polar surface area (TPSA) is 59.8 Å². The van der Waals surface area contributed by atoms with Gasteiger partial charge in [-0.1, -0.05) is 0 Å². The molecule has 4 heteroatoms. The lowest BCUT2D eigenvalue weighted by molar-refractivity contribution is 0.281. The van der Waals surface area contributed by atoms with Crippen LogP contribution in [0.5, 0.6) is 0 Å². The lowest BCUT2D eigenvalue weighted by Gasteiger charge is -2.07. The molecule has 0 amide bonds. The molecule has 0 aliphatic carbocycles. The highest BCUT2D eigenvalue weighted by atomic mass is 19.1. The average molecular weight is 266 g/mol. The lowest BCUT2D eigenvalue weighted by atomic mass is 9.97. The maximum Gasteiger partial charge on any atom is 0.124 e. The SMILES string of the molecule is N#Cc1cc(-c2cc(F)cc(CO)c2)c2cc[nH]c2c1. The molecule has 0 radical (unpaired) electrons. The Morgan fingerprint density at radius 3 is 2.80 bits per heavy atom. The first-order chi connectivity index (χ1) is 9.71. The number of benzene rings is 2. The molecule has 20 heavy (non-hydrogen) atoms. The Morgan fingerprint density at radius 1 is 1.20 bits per heavy atom. The first kappa shape index (κ1) is 12.4. The second-order valence-corrected chi connectivity index (χ2v) is 4.58. The monoisotopic (exact) mass is 266 g/mol. The molecule has 0 atom stereocenters. The molecule has 0 aliphatic heterocycles. The molecule has 3 rings (SSSR count). The minimum atomic E-state index is -0.405. The highest BCUT2D eigenvalue weighted by Gasteiger charge is 2.09. The molecule has 0 saturated heterocycles. The van der Waals surface area contributed by atoms with E-state index >= 15 is 0 Å². The molecule has 0 spiro atoms. The predicted octanol–water partition coefficient (Wildman–Crippen LogP) is 3.34. The van der Waals surface area contributed by atoms with Crippen LogP contribution in [0.3, 0.4) is 0 Å². The molecular weight excluding hydrogens is 255 g/mol. The summed E-state index contributed by atoms with van der Waals surface area (Å²) in [5, 5.41) is 19.2. The van der Waals surface area contributed by atoms with Gasteiger partial charge in [0.05, 0.1) is 18.2 Å².